The molecule has 7 heteroatoms. The van der Waals surface area contributed by atoms with Crippen LogP contribution in [0.2, 0.25) is 0 Å². The molecule has 0 aliphatic carbocycles. The van der Waals surface area contributed by atoms with Crippen molar-refractivity contribution in [2.75, 3.05) is 25.0 Å². The van der Waals surface area contributed by atoms with Gasteiger partial charge in [0.25, 0.3) is 0 Å². The molecule has 26 heavy (non-hydrogen) atoms. The van der Waals surface area contributed by atoms with Gasteiger partial charge in [0.15, 0.2) is 10.8 Å². The molecule has 0 spiro atoms. The molecule has 1 aromatic carbocycles. The largest absolute Gasteiger partial charge is 0.355 e. The number of para-hydroxylation sites is 1. The minimum absolute atomic E-state index is 0.0220. The summed E-state index contributed by atoms with van der Waals surface area (Å²) in [5, 5.41) is 8.40. The van der Waals surface area contributed by atoms with Gasteiger partial charge < -0.3 is 10.2 Å². The van der Waals surface area contributed by atoms with Gasteiger partial charge in [-0.1, -0.05) is 43.4 Å². The summed E-state index contributed by atoms with van der Waals surface area (Å²) in [6.45, 7) is 7.30. The van der Waals surface area contributed by atoms with E-state index in [9.17, 15) is 4.79 Å². The molecule has 1 amide bonds. The van der Waals surface area contributed by atoms with Crippen molar-refractivity contribution < 1.29 is 4.79 Å². The van der Waals surface area contributed by atoms with E-state index in [1.165, 1.54) is 0 Å². The van der Waals surface area contributed by atoms with E-state index in [0.29, 0.717) is 19.0 Å². The van der Waals surface area contributed by atoms with Crippen LogP contribution >= 0.6 is 11.3 Å². The summed E-state index contributed by atoms with van der Waals surface area (Å²) in [6, 6.07) is 9.97. The molecule has 0 aliphatic heterocycles. The lowest BCUT2D eigenvalue weighted by Gasteiger charge is -2.15. The number of nitrogens with zero attached hydrogens (tertiary/aromatic N) is 4. The average molecular weight is 372 g/mol. The van der Waals surface area contributed by atoms with E-state index in [1.807, 2.05) is 53.9 Å². The number of benzene rings is 1. The van der Waals surface area contributed by atoms with Gasteiger partial charge in [0.05, 0.1) is 22.6 Å². The van der Waals surface area contributed by atoms with Crippen LogP contribution in [0.5, 0.6) is 0 Å². The first-order chi connectivity index (χ1) is 12.5. The molecule has 0 aliphatic rings. The van der Waals surface area contributed by atoms with E-state index >= 15 is 0 Å². The van der Waals surface area contributed by atoms with E-state index in [2.05, 4.69) is 24.3 Å². The third kappa shape index (κ3) is 4.04. The number of carbonyl (C=O) groups excluding carboxylic acids is 1. The normalized spacial score (nSPS) is 11.3. The van der Waals surface area contributed by atoms with Crippen LogP contribution in [0, 0.1) is 12.8 Å². The topological polar surface area (TPSA) is 63.1 Å². The molecular formula is C19H25N5OS. The van der Waals surface area contributed by atoms with Crippen molar-refractivity contribution in [1.82, 2.24) is 20.1 Å². The molecule has 6 nitrogen and oxygen atoms in total. The first-order valence-electron chi connectivity index (χ1n) is 8.85. The van der Waals surface area contributed by atoms with Crippen LogP contribution in [0.4, 0.5) is 5.13 Å². The Morgan fingerprint density at radius 3 is 2.73 bits per heavy atom. The number of fused-ring (bicyclic) bond motifs is 1. The van der Waals surface area contributed by atoms with Crippen molar-refractivity contribution in [3.63, 3.8) is 0 Å². The molecule has 0 atom stereocenters. The number of anilines is 1. The molecule has 3 rings (SSSR count). The molecule has 2 heterocycles. The summed E-state index contributed by atoms with van der Waals surface area (Å²) in [6.07, 6.45) is 0.989. The minimum Gasteiger partial charge on any atom is -0.355 e. The molecule has 0 bridgehead atoms. The summed E-state index contributed by atoms with van der Waals surface area (Å²) in [7, 11) is 1.90. The zero-order valence-electron chi connectivity index (χ0n) is 15.7. The summed E-state index contributed by atoms with van der Waals surface area (Å²) in [4.78, 5) is 18.8. The summed E-state index contributed by atoms with van der Waals surface area (Å²) >= 11 is 1.57. The lowest BCUT2D eigenvalue weighted by Crippen LogP contribution is -2.35. The maximum atomic E-state index is 12.1. The van der Waals surface area contributed by atoms with Gasteiger partial charge in [0, 0.05) is 13.6 Å². The molecule has 0 unspecified atom stereocenters. The predicted octanol–water partition coefficient (Wildman–Crippen LogP) is 3.39. The Kier molecular flexibility index (Phi) is 5.56. The number of aryl methyl sites for hydroxylation is 1. The van der Waals surface area contributed by atoms with Crippen LogP contribution in [0.25, 0.3) is 16.0 Å². The molecule has 0 radical (unpaired) electrons. The molecule has 138 valence electrons. The zero-order valence-corrected chi connectivity index (χ0v) is 16.5. The van der Waals surface area contributed by atoms with Crippen molar-refractivity contribution in [2.24, 2.45) is 5.92 Å². The number of rotatable bonds is 7. The SMILES string of the molecule is Cc1nn(-c2ccccc2)c2nc(N(C)CC(=O)NCCC(C)C)sc12. The lowest BCUT2D eigenvalue weighted by molar-refractivity contribution is -0.119. The number of hydrogen-bond donors (Lipinski definition) is 1. The van der Waals surface area contributed by atoms with E-state index in [0.717, 1.165) is 33.3 Å². The Morgan fingerprint density at radius 1 is 1.31 bits per heavy atom. The summed E-state index contributed by atoms with van der Waals surface area (Å²) in [5.74, 6) is 0.606. The Morgan fingerprint density at radius 2 is 2.04 bits per heavy atom. The number of amides is 1. The van der Waals surface area contributed by atoms with Crippen LogP contribution in [0.3, 0.4) is 0 Å². The number of carbonyl (C=O) groups is 1. The highest BCUT2D eigenvalue weighted by Crippen LogP contribution is 2.31. The van der Waals surface area contributed by atoms with Crippen LogP contribution in [0.1, 0.15) is 26.0 Å². The second-order valence-corrected chi connectivity index (χ2v) is 7.85. The van der Waals surface area contributed by atoms with Crippen LogP contribution in [0.15, 0.2) is 30.3 Å². The van der Waals surface area contributed by atoms with Crippen LogP contribution in [-0.4, -0.2) is 40.8 Å². The van der Waals surface area contributed by atoms with Crippen LogP contribution in [-0.2, 0) is 4.79 Å². The number of hydrogen-bond acceptors (Lipinski definition) is 5. The number of thiazole rings is 1. The van der Waals surface area contributed by atoms with Gasteiger partial charge in [-0.2, -0.15) is 10.1 Å². The molecule has 3 aromatic rings. The first-order valence-corrected chi connectivity index (χ1v) is 9.66. The third-order valence-corrected chi connectivity index (χ3v) is 5.40. The van der Waals surface area contributed by atoms with Crippen molar-refractivity contribution in [1.29, 1.82) is 0 Å². The Balaban J connectivity index is 1.76. The molecule has 0 saturated carbocycles. The van der Waals surface area contributed by atoms with Crippen LogP contribution < -0.4 is 10.2 Å². The second kappa shape index (κ2) is 7.86. The van der Waals surface area contributed by atoms with Crippen molar-refractivity contribution in [2.45, 2.75) is 27.2 Å². The van der Waals surface area contributed by atoms with Gasteiger partial charge in [0.1, 0.15) is 0 Å². The molecular weight excluding hydrogens is 346 g/mol. The van der Waals surface area contributed by atoms with Crippen molar-refractivity contribution in [3.8, 4) is 5.69 Å². The summed E-state index contributed by atoms with van der Waals surface area (Å²) < 4.78 is 2.91. The third-order valence-electron chi connectivity index (χ3n) is 4.13. The highest BCUT2D eigenvalue weighted by molar-refractivity contribution is 7.22. The number of aromatic nitrogens is 3. The van der Waals surface area contributed by atoms with E-state index in [-0.39, 0.29) is 5.91 Å². The van der Waals surface area contributed by atoms with E-state index in [1.54, 1.807) is 11.3 Å². The molecule has 0 saturated heterocycles. The van der Waals surface area contributed by atoms with Gasteiger partial charge in [-0.3, -0.25) is 4.79 Å². The highest BCUT2D eigenvalue weighted by atomic mass is 32.1. The van der Waals surface area contributed by atoms with Gasteiger partial charge >= 0.3 is 0 Å². The maximum absolute atomic E-state index is 12.1. The van der Waals surface area contributed by atoms with Gasteiger partial charge in [-0.15, -0.1) is 0 Å². The fourth-order valence-electron chi connectivity index (χ4n) is 2.67. The van der Waals surface area contributed by atoms with Gasteiger partial charge in [-0.05, 0) is 31.4 Å². The summed E-state index contributed by atoms with van der Waals surface area (Å²) in [5.41, 5.74) is 2.76. The smallest absolute Gasteiger partial charge is 0.239 e. The monoisotopic (exact) mass is 371 g/mol. The van der Waals surface area contributed by atoms with E-state index < -0.39 is 0 Å². The minimum atomic E-state index is 0.0220. The second-order valence-electron chi connectivity index (χ2n) is 6.87. The van der Waals surface area contributed by atoms with Crippen molar-refractivity contribution in [3.05, 3.63) is 36.0 Å². The fraction of sp³-hybridized carbons (Fsp3) is 0.421. The Labute approximate surface area is 157 Å². The lowest BCUT2D eigenvalue weighted by atomic mass is 10.1. The standard InChI is InChI=1S/C19H25N5OS/c1-13(2)10-11-20-16(25)12-23(4)19-21-18-17(26-19)14(3)22-24(18)15-8-6-5-7-9-15/h5-9,13H,10-12H2,1-4H3,(H,20,25). The maximum Gasteiger partial charge on any atom is 0.239 e. The first kappa shape index (κ1) is 18.4. The van der Waals surface area contributed by atoms with E-state index in [4.69, 9.17) is 4.98 Å². The van der Waals surface area contributed by atoms with Crippen molar-refractivity contribution >= 4 is 32.7 Å². The number of likely N-dealkylation sites (N-methyl/N-ethyl adjacent to an activating group) is 1. The van der Waals surface area contributed by atoms with Gasteiger partial charge in [0.2, 0.25) is 5.91 Å². The van der Waals surface area contributed by atoms with Gasteiger partial charge in [-0.25, -0.2) is 4.68 Å². The fourth-order valence-corrected chi connectivity index (χ4v) is 3.62. The quantitative estimate of drug-likeness (QED) is 0.691. The predicted molar refractivity (Wildman–Crippen MR) is 107 cm³/mol. The molecule has 0 fully saturated rings. The number of nitrogens with one attached hydrogen (secondary N) is 1. The molecule has 1 N–H and O–H groups in total. The zero-order chi connectivity index (χ0) is 18.7. The molecule has 2 aromatic heterocycles. The Bertz CT molecular complexity index is 884. The highest BCUT2D eigenvalue weighted by Gasteiger charge is 2.18. The Hall–Kier alpha value is -2.41. The average Bonchev–Trinajstić information content (AvgIpc) is 3.16.